The molecule has 0 aliphatic heterocycles. The number of nitrogens with zero attached hydrogens (tertiary/aromatic N) is 1. The smallest absolute Gasteiger partial charge is 0.174 e. The first-order valence-electron chi connectivity index (χ1n) is 4.82. The SMILES string of the molecule is COc1cccc(Oc2c(Br)ccnc2Br)c1. The highest BCUT2D eigenvalue weighted by Gasteiger charge is 2.08. The van der Waals surface area contributed by atoms with E-state index >= 15 is 0 Å². The number of ether oxygens (including phenoxy) is 2. The van der Waals surface area contributed by atoms with Crippen LogP contribution in [0.5, 0.6) is 17.2 Å². The average Bonchev–Trinajstić information content (AvgIpc) is 2.34. The summed E-state index contributed by atoms with van der Waals surface area (Å²) in [7, 11) is 1.62. The van der Waals surface area contributed by atoms with Crippen molar-refractivity contribution in [2.45, 2.75) is 0 Å². The molecule has 1 aromatic carbocycles. The minimum Gasteiger partial charge on any atom is -0.497 e. The van der Waals surface area contributed by atoms with Gasteiger partial charge in [0.1, 0.15) is 16.1 Å². The van der Waals surface area contributed by atoms with Gasteiger partial charge in [0.25, 0.3) is 0 Å². The third kappa shape index (κ3) is 2.98. The third-order valence-electron chi connectivity index (χ3n) is 2.07. The van der Waals surface area contributed by atoms with Gasteiger partial charge in [-0.15, -0.1) is 0 Å². The minimum atomic E-state index is 0.640. The van der Waals surface area contributed by atoms with Crippen LogP contribution >= 0.6 is 31.9 Å². The second-order valence-corrected chi connectivity index (χ2v) is 4.80. The van der Waals surface area contributed by atoms with Gasteiger partial charge in [-0.3, -0.25) is 0 Å². The lowest BCUT2D eigenvalue weighted by Crippen LogP contribution is -1.90. The second-order valence-electron chi connectivity index (χ2n) is 3.19. The Hall–Kier alpha value is -1.07. The van der Waals surface area contributed by atoms with Crippen molar-refractivity contribution in [1.82, 2.24) is 4.98 Å². The van der Waals surface area contributed by atoms with Crippen LogP contribution in [0.1, 0.15) is 0 Å². The molecule has 0 unspecified atom stereocenters. The predicted molar refractivity (Wildman–Crippen MR) is 72.7 cm³/mol. The molecule has 0 saturated carbocycles. The number of hydrogen-bond donors (Lipinski definition) is 0. The van der Waals surface area contributed by atoms with Crippen LogP contribution in [-0.4, -0.2) is 12.1 Å². The highest BCUT2D eigenvalue weighted by molar-refractivity contribution is 9.11. The summed E-state index contributed by atoms with van der Waals surface area (Å²) >= 11 is 6.76. The van der Waals surface area contributed by atoms with Crippen molar-refractivity contribution in [2.75, 3.05) is 7.11 Å². The van der Waals surface area contributed by atoms with Gasteiger partial charge in [0.15, 0.2) is 5.75 Å². The molecular formula is C12H9Br2NO2. The van der Waals surface area contributed by atoms with Gasteiger partial charge in [-0.1, -0.05) is 6.07 Å². The number of halogens is 2. The molecule has 0 fully saturated rings. The van der Waals surface area contributed by atoms with Crippen molar-refractivity contribution < 1.29 is 9.47 Å². The van der Waals surface area contributed by atoms with Gasteiger partial charge in [0.05, 0.1) is 11.6 Å². The van der Waals surface area contributed by atoms with Crippen molar-refractivity contribution in [3.63, 3.8) is 0 Å². The van der Waals surface area contributed by atoms with Gasteiger partial charge in [-0.2, -0.15) is 0 Å². The van der Waals surface area contributed by atoms with Crippen LogP contribution in [0.25, 0.3) is 0 Å². The summed E-state index contributed by atoms with van der Waals surface area (Å²) in [6.45, 7) is 0. The Morgan fingerprint density at radius 3 is 2.59 bits per heavy atom. The molecule has 2 aromatic rings. The lowest BCUT2D eigenvalue weighted by Gasteiger charge is -2.09. The molecule has 3 nitrogen and oxygen atoms in total. The Labute approximate surface area is 116 Å². The molecule has 5 heteroatoms. The fourth-order valence-electron chi connectivity index (χ4n) is 1.27. The van der Waals surface area contributed by atoms with Crippen LogP contribution in [0.3, 0.4) is 0 Å². The Balaban J connectivity index is 2.31. The van der Waals surface area contributed by atoms with E-state index in [1.54, 1.807) is 13.3 Å². The number of benzene rings is 1. The second kappa shape index (κ2) is 5.51. The summed E-state index contributed by atoms with van der Waals surface area (Å²) in [6.07, 6.45) is 1.69. The van der Waals surface area contributed by atoms with Crippen LogP contribution in [0.4, 0.5) is 0 Å². The largest absolute Gasteiger partial charge is 0.497 e. The zero-order valence-corrected chi connectivity index (χ0v) is 12.2. The molecule has 1 heterocycles. The van der Waals surface area contributed by atoms with Gasteiger partial charge < -0.3 is 9.47 Å². The quantitative estimate of drug-likeness (QED) is 0.761. The van der Waals surface area contributed by atoms with Gasteiger partial charge in [0, 0.05) is 12.3 Å². The summed E-state index contributed by atoms with van der Waals surface area (Å²) in [5.41, 5.74) is 0. The fourth-order valence-corrected chi connectivity index (χ4v) is 2.34. The van der Waals surface area contributed by atoms with Crippen LogP contribution in [0, 0.1) is 0 Å². The van der Waals surface area contributed by atoms with E-state index in [1.165, 1.54) is 0 Å². The molecule has 0 atom stereocenters. The molecule has 0 aliphatic carbocycles. The minimum absolute atomic E-state index is 0.640. The fraction of sp³-hybridized carbons (Fsp3) is 0.0833. The predicted octanol–water partition coefficient (Wildman–Crippen LogP) is 4.41. The highest BCUT2D eigenvalue weighted by Crippen LogP contribution is 2.35. The van der Waals surface area contributed by atoms with Crippen molar-refractivity contribution >= 4 is 31.9 Å². The maximum atomic E-state index is 5.75. The van der Waals surface area contributed by atoms with Crippen molar-refractivity contribution in [1.29, 1.82) is 0 Å². The molecule has 0 N–H and O–H groups in total. The van der Waals surface area contributed by atoms with Crippen LogP contribution in [0.15, 0.2) is 45.6 Å². The lowest BCUT2D eigenvalue weighted by atomic mass is 10.3. The summed E-state index contributed by atoms with van der Waals surface area (Å²) in [6, 6.07) is 9.22. The topological polar surface area (TPSA) is 31.4 Å². The van der Waals surface area contributed by atoms with Gasteiger partial charge in [-0.05, 0) is 50.1 Å². The van der Waals surface area contributed by atoms with Gasteiger partial charge >= 0.3 is 0 Å². The molecule has 0 amide bonds. The van der Waals surface area contributed by atoms with E-state index in [-0.39, 0.29) is 0 Å². The normalized spacial score (nSPS) is 10.1. The van der Waals surface area contributed by atoms with E-state index in [0.717, 1.165) is 10.2 Å². The Kier molecular flexibility index (Phi) is 4.02. The first kappa shape index (κ1) is 12.4. The van der Waals surface area contributed by atoms with E-state index in [9.17, 15) is 0 Å². The van der Waals surface area contributed by atoms with E-state index in [4.69, 9.17) is 9.47 Å². The zero-order chi connectivity index (χ0) is 12.3. The Morgan fingerprint density at radius 1 is 1.12 bits per heavy atom. The summed E-state index contributed by atoms with van der Waals surface area (Å²) in [5.74, 6) is 2.08. The van der Waals surface area contributed by atoms with Gasteiger partial charge in [0.2, 0.25) is 0 Å². The van der Waals surface area contributed by atoms with Crippen LogP contribution < -0.4 is 9.47 Å². The Bertz CT molecular complexity index is 511. The molecule has 0 bridgehead atoms. The monoisotopic (exact) mass is 357 g/mol. The van der Waals surface area contributed by atoms with E-state index in [2.05, 4.69) is 36.8 Å². The Morgan fingerprint density at radius 2 is 1.88 bits per heavy atom. The third-order valence-corrected chi connectivity index (χ3v) is 3.26. The first-order valence-corrected chi connectivity index (χ1v) is 6.41. The molecule has 88 valence electrons. The van der Waals surface area contributed by atoms with E-state index < -0.39 is 0 Å². The standard InChI is InChI=1S/C12H9Br2NO2/c1-16-8-3-2-4-9(7-8)17-11-10(13)5-6-15-12(11)14/h2-7H,1H3. The van der Waals surface area contributed by atoms with Crippen LogP contribution in [-0.2, 0) is 0 Å². The first-order chi connectivity index (χ1) is 8.20. The average molecular weight is 359 g/mol. The zero-order valence-electron chi connectivity index (χ0n) is 8.98. The lowest BCUT2D eigenvalue weighted by molar-refractivity contribution is 0.408. The van der Waals surface area contributed by atoms with Gasteiger partial charge in [-0.25, -0.2) is 4.98 Å². The molecular weight excluding hydrogens is 350 g/mol. The summed E-state index contributed by atoms with van der Waals surface area (Å²) in [5, 5.41) is 0. The van der Waals surface area contributed by atoms with Crippen molar-refractivity contribution in [3.05, 3.63) is 45.6 Å². The van der Waals surface area contributed by atoms with E-state index in [1.807, 2.05) is 30.3 Å². The summed E-state index contributed by atoms with van der Waals surface area (Å²) in [4.78, 5) is 4.11. The maximum Gasteiger partial charge on any atom is 0.174 e. The van der Waals surface area contributed by atoms with Crippen LogP contribution in [0.2, 0.25) is 0 Å². The molecule has 17 heavy (non-hydrogen) atoms. The number of pyridine rings is 1. The maximum absolute atomic E-state index is 5.75. The molecule has 1 aromatic heterocycles. The molecule has 0 radical (unpaired) electrons. The molecule has 0 spiro atoms. The highest BCUT2D eigenvalue weighted by atomic mass is 79.9. The number of hydrogen-bond acceptors (Lipinski definition) is 3. The van der Waals surface area contributed by atoms with Crippen molar-refractivity contribution in [3.8, 4) is 17.2 Å². The summed E-state index contributed by atoms with van der Waals surface area (Å²) < 4.78 is 12.4. The molecule has 2 rings (SSSR count). The molecule has 0 saturated heterocycles. The van der Waals surface area contributed by atoms with Crippen molar-refractivity contribution in [2.24, 2.45) is 0 Å². The van der Waals surface area contributed by atoms with E-state index in [0.29, 0.717) is 16.1 Å². The molecule has 0 aliphatic rings. The number of rotatable bonds is 3. The number of aromatic nitrogens is 1. The number of methoxy groups -OCH3 is 1.